The van der Waals surface area contributed by atoms with E-state index in [9.17, 15) is 9.90 Å². The van der Waals surface area contributed by atoms with Crippen molar-refractivity contribution in [3.63, 3.8) is 0 Å². The van der Waals surface area contributed by atoms with Crippen molar-refractivity contribution in [3.8, 4) is 0 Å². The lowest BCUT2D eigenvalue weighted by Gasteiger charge is -2.34. The third-order valence-electron chi connectivity index (χ3n) is 4.17. The summed E-state index contributed by atoms with van der Waals surface area (Å²) in [6, 6.07) is 0.551. The van der Waals surface area contributed by atoms with Gasteiger partial charge >= 0.3 is 5.97 Å². The van der Waals surface area contributed by atoms with Gasteiger partial charge in [0, 0.05) is 12.6 Å². The largest absolute Gasteiger partial charge is 0.477 e. The lowest BCUT2D eigenvalue weighted by molar-refractivity contribution is -0.0502. The standard InChI is InChI=1S/C15H22N2O3S/c1-9(2)6-11-13(15(18)19)21-14(16-11)12-7-17-5-3-4-10(17)8-20-12/h9-10,12H,3-8H2,1-2H3,(H,18,19). The molecule has 5 nitrogen and oxygen atoms in total. The second-order valence-electron chi connectivity index (χ2n) is 6.34. The summed E-state index contributed by atoms with van der Waals surface area (Å²) in [6.07, 6.45) is 3.08. The summed E-state index contributed by atoms with van der Waals surface area (Å²) in [5, 5.41) is 10.2. The van der Waals surface area contributed by atoms with Crippen LogP contribution >= 0.6 is 11.3 Å². The van der Waals surface area contributed by atoms with E-state index in [0.717, 1.165) is 24.7 Å². The van der Waals surface area contributed by atoms with E-state index < -0.39 is 5.97 Å². The highest BCUT2D eigenvalue weighted by Crippen LogP contribution is 2.33. The predicted octanol–water partition coefficient (Wildman–Crippen LogP) is 2.58. The molecule has 116 valence electrons. The highest BCUT2D eigenvalue weighted by atomic mass is 32.1. The van der Waals surface area contributed by atoms with Gasteiger partial charge in [0.2, 0.25) is 0 Å². The van der Waals surface area contributed by atoms with Crippen molar-refractivity contribution in [1.82, 2.24) is 9.88 Å². The first-order chi connectivity index (χ1) is 10.0. The van der Waals surface area contributed by atoms with Crippen LogP contribution in [0.1, 0.15) is 53.2 Å². The molecular formula is C15H22N2O3S. The minimum atomic E-state index is -0.871. The Morgan fingerprint density at radius 3 is 3.10 bits per heavy atom. The maximum absolute atomic E-state index is 11.4. The molecule has 0 spiro atoms. The molecule has 0 saturated carbocycles. The zero-order valence-corrected chi connectivity index (χ0v) is 13.4. The number of aromatic carboxylic acids is 1. The first-order valence-electron chi connectivity index (χ1n) is 7.63. The number of thiazole rings is 1. The Kier molecular flexibility index (Phi) is 4.28. The minimum absolute atomic E-state index is 0.0663. The van der Waals surface area contributed by atoms with Crippen LogP contribution in [0.25, 0.3) is 0 Å². The van der Waals surface area contributed by atoms with Gasteiger partial charge in [-0.15, -0.1) is 11.3 Å². The van der Waals surface area contributed by atoms with Crippen LogP contribution in [0, 0.1) is 5.92 Å². The number of morpholine rings is 1. The zero-order valence-electron chi connectivity index (χ0n) is 12.5. The van der Waals surface area contributed by atoms with E-state index in [1.54, 1.807) is 0 Å². The van der Waals surface area contributed by atoms with Gasteiger partial charge in [-0.3, -0.25) is 4.90 Å². The average molecular weight is 310 g/mol. The molecule has 0 aromatic carbocycles. The van der Waals surface area contributed by atoms with E-state index >= 15 is 0 Å². The number of hydrogen-bond acceptors (Lipinski definition) is 5. The van der Waals surface area contributed by atoms with E-state index in [0.29, 0.717) is 29.0 Å². The number of carbonyl (C=O) groups is 1. The number of fused-ring (bicyclic) bond motifs is 1. The van der Waals surface area contributed by atoms with Crippen molar-refractivity contribution in [3.05, 3.63) is 15.6 Å². The van der Waals surface area contributed by atoms with Gasteiger partial charge in [-0.1, -0.05) is 13.8 Å². The SMILES string of the molecule is CC(C)Cc1nc(C2CN3CCCC3CO2)sc1C(=O)O. The summed E-state index contributed by atoms with van der Waals surface area (Å²) < 4.78 is 5.94. The first kappa shape index (κ1) is 14.9. The lowest BCUT2D eigenvalue weighted by atomic mass is 10.1. The third-order valence-corrected chi connectivity index (χ3v) is 5.35. The van der Waals surface area contributed by atoms with Gasteiger partial charge in [0.25, 0.3) is 0 Å². The monoisotopic (exact) mass is 310 g/mol. The Morgan fingerprint density at radius 1 is 1.57 bits per heavy atom. The van der Waals surface area contributed by atoms with Gasteiger partial charge in [-0.25, -0.2) is 9.78 Å². The molecule has 2 fully saturated rings. The van der Waals surface area contributed by atoms with Gasteiger partial charge in [0.1, 0.15) is 16.0 Å². The number of nitrogens with zero attached hydrogens (tertiary/aromatic N) is 2. The molecular weight excluding hydrogens is 288 g/mol. The van der Waals surface area contributed by atoms with Crippen LogP contribution in [0.4, 0.5) is 0 Å². The number of carboxylic acid groups (broad SMARTS) is 1. The Bertz CT molecular complexity index is 529. The molecule has 1 N–H and O–H groups in total. The lowest BCUT2D eigenvalue weighted by Crippen LogP contribution is -2.42. The Morgan fingerprint density at radius 2 is 2.38 bits per heavy atom. The van der Waals surface area contributed by atoms with Crippen molar-refractivity contribution >= 4 is 17.3 Å². The van der Waals surface area contributed by atoms with Crippen LogP contribution < -0.4 is 0 Å². The van der Waals surface area contributed by atoms with Gasteiger partial charge in [0.05, 0.1) is 12.3 Å². The Hall–Kier alpha value is -0.980. The first-order valence-corrected chi connectivity index (χ1v) is 8.44. The van der Waals surface area contributed by atoms with Crippen molar-refractivity contribution in [2.75, 3.05) is 19.7 Å². The van der Waals surface area contributed by atoms with Gasteiger partial charge in [0.15, 0.2) is 0 Å². The number of hydrogen-bond donors (Lipinski definition) is 1. The summed E-state index contributed by atoms with van der Waals surface area (Å²) in [5.41, 5.74) is 0.713. The fourth-order valence-corrected chi connectivity index (χ4v) is 4.14. The topological polar surface area (TPSA) is 62.7 Å². The molecule has 2 unspecified atom stereocenters. The van der Waals surface area contributed by atoms with Crippen LogP contribution in [0.3, 0.4) is 0 Å². The quantitative estimate of drug-likeness (QED) is 0.926. The van der Waals surface area contributed by atoms with E-state index in [2.05, 4.69) is 23.7 Å². The number of rotatable bonds is 4. The van der Waals surface area contributed by atoms with Crippen LogP contribution in [-0.2, 0) is 11.2 Å². The fraction of sp³-hybridized carbons (Fsp3) is 0.733. The van der Waals surface area contributed by atoms with Gasteiger partial charge < -0.3 is 9.84 Å². The van der Waals surface area contributed by atoms with E-state index in [1.165, 1.54) is 24.2 Å². The highest BCUT2D eigenvalue weighted by Gasteiger charge is 2.35. The smallest absolute Gasteiger partial charge is 0.347 e. The molecule has 3 heterocycles. The van der Waals surface area contributed by atoms with E-state index in [-0.39, 0.29) is 6.10 Å². The summed E-state index contributed by atoms with van der Waals surface area (Å²) >= 11 is 1.29. The fourth-order valence-electron chi connectivity index (χ4n) is 3.17. The molecule has 21 heavy (non-hydrogen) atoms. The summed E-state index contributed by atoms with van der Waals surface area (Å²) in [4.78, 5) is 18.8. The zero-order chi connectivity index (χ0) is 15.0. The molecule has 2 aliphatic rings. The molecule has 0 bridgehead atoms. The molecule has 2 aliphatic heterocycles. The van der Waals surface area contributed by atoms with Crippen LogP contribution in [0.5, 0.6) is 0 Å². The number of carboxylic acids is 1. The van der Waals surface area contributed by atoms with Crippen molar-refractivity contribution in [2.45, 2.75) is 45.3 Å². The summed E-state index contributed by atoms with van der Waals surface area (Å²) in [5.74, 6) is -0.474. The molecule has 0 radical (unpaired) electrons. The summed E-state index contributed by atoms with van der Waals surface area (Å²) in [6.45, 7) is 6.87. The minimum Gasteiger partial charge on any atom is -0.477 e. The van der Waals surface area contributed by atoms with Crippen LogP contribution in [-0.4, -0.2) is 46.7 Å². The predicted molar refractivity (Wildman–Crippen MR) is 80.9 cm³/mol. The molecule has 6 heteroatoms. The van der Waals surface area contributed by atoms with Crippen LogP contribution in [0.2, 0.25) is 0 Å². The molecule has 0 aliphatic carbocycles. The molecule has 2 saturated heterocycles. The molecule has 0 amide bonds. The van der Waals surface area contributed by atoms with Crippen molar-refractivity contribution in [2.24, 2.45) is 5.92 Å². The van der Waals surface area contributed by atoms with E-state index in [4.69, 9.17) is 4.74 Å². The third kappa shape index (κ3) is 3.12. The molecule has 1 aromatic rings. The van der Waals surface area contributed by atoms with Gasteiger partial charge in [-0.05, 0) is 31.7 Å². The number of aromatic nitrogens is 1. The second kappa shape index (κ2) is 6.02. The maximum atomic E-state index is 11.4. The highest BCUT2D eigenvalue weighted by molar-refractivity contribution is 7.13. The molecule has 3 rings (SSSR count). The van der Waals surface area contributed by atoms with E-state index in [1.807, 2.05) is 0 Å². The molecule has 2 atom stereocenters. The maximum Gasteiger partial charge on any atom is 0.347 e. The summed E-state index contributed by atoms with van der Waals surface area (Å²) in [7, 11) is 0. The Labute approximate surface area is 128 Å². The normalized spacial score (nSPS) is 26.2. The van der Waals surface area contributed by atoms with Crippen molar-refractivity contribution in [1.29, 1.82) is 0 Å². The van der Waals surface area contributed by atoms with Crippen LogP contribution in [0.15, 0.2) is 0 Å². The van der Waals surface area contributed by atoms with Gasteiger partial charge in [-0.2, -0.15) is 0 Å². The van der Waals surface area contributed by atoms with Crippen molar-refractivity contribution < 1.29 is 14.6 Å². The number of ether oxygens (including phenoxy) is 1. The average Bonchev–Trinajstić information content (AvgIpc) is 3.03. The molecule has 1 aromatic heterocycles. The second-order valence-corrected chi connectivity index (χ2v) is 7.37. The Balaban J connectivity index is 1.80.